The minimum absolute atomic E-state index is 0.0786. The fourth-order valence-corrected chi connectivity index (χ4v) is 1.72. The molecule has 1 rings (SSSR count). The summed E-state index contributed by atoms with van der Waals surface area (Å²) in [6, 6.07) is 3.01. The second kappa shape index (κ2) is 8.04. The van der Waals surface area contributed by atoms with Crippen molar-refractivity contribution in [2.24, 2.45) is 0 Å². The first kappa shape index (κ1) is 15.8. The van der Waals surface area contributed by atoms with Gasteiger partial charge in [-0.3, -0.25) is 4.79 Å². The summed E-state index contributed by atoms with van der Waals surface area (Å²) in [6.07, 6.45) is 0. The van der Waals surface area contributed by atoms with Crippen molar-refractivity contribution in [1.29, 1.82) is 0 Å². The van der Waals surface area contributed by atoms with Crippen LogP contribution in [0.25, 0.3) is 0 Å². The topological polar surface area (TPSA) is 64.5 Å². The molecule has 1 aromatic rings. The molecule has 0 radical (unpaired) electrons. The summed E-state index contributed by atoms with van der Waals surface area (Å²) in [6.45, 7) is 3.25. The Morgan fingerprint density at radius 1 is 1.37 bits per heavy atom. The van der Waals surface area contributed by atoms with Crippen LogP contribution in [0.2, 0.25) is 5.15 Å². The first-order chi connectivity index (χ1) is 9.10. The molecule has 0 aliphatic carbocycles. The maximum atomic E-state index is 12.3. The summed E-state index contributed by atoms with van der Waals surface area (Å²) in [4.78, 5) is 14.0. The molecule has 0 spiro atoms. The van der Waals surface area contributed by atoms with Gasteiger partial charge in [0.15, 0.2) is 10.8 Å². The van der Waals surface area contributed by atoms with E-state index in [4.69, 9.17) is 21.1 Å². The summed E-state index contributed by atoms with van der Waals surface area (Å²) in [5.74, 6) is -0.217. The minimum atomic E-state index is -0.217. The van der Waals surface area contributed by atoms with E-state index < -0.39 is 0 Å². The number of carbonyl (C=O) groups is 1. The molecule has 0 aromatic carbocycles. The van der Waals surface area contributed by atoms with Gasteiger partial charge in [-0.15, -0.1) is 10.2 Å². The Balaban J connectivity index is 2.83. The first-order valence-corrected chi connectivity index (χ1v) is 6.26. The Labute approximate surface area is 117 Å². The van der Waals surface area contributed by atoms with E-state index >= 15 is 0 Å². The van der Waals surface area contributed by atoms with Crippen molar-refractivity contribution >= 4 is 17.5 Å². The molecule has 19 heavy (non-hydrogen) atoms. The molecular weight excluding hydrogens is 270 g/mol. The average Bonchev–Trinajstić information content (AvgIpc) is 2.40. The summed E-state index contributed by atoms with van der Waals surface area (Å²) in [7, 11) is 3.18. The van der Waals surface area contributed by atoms with E-state index in [2.05, 4.69) is 10.2 Å². The zero-order valence-corrected chi connectivity index (χ0v) is 12.1. The van der Waals surface area contributed by atoms with Crippen molar-refractivity contribution < 1.29 is 14.3 Å². The maximum absolute atomic E-state index is 12.3. The maximum Gasteiger partial charge on any atom is 0.274 e. The highest BCUT2D eigenvalue weighted by atomic mass is 35.5. The van der Waals surface area contributed by atoms with Crippen LogP contribution in [0.15, 0.2) is 12.1 Å². The predicted octanol–water partition coefficient (Wildman–Crippen LogP) is 1.25. The second-order valence-corrected chi connectivity index (χ2v) is 4.42. The number of rotatable bonds is 7. The standard InChI is InChI=1S/C12H18ClN3O3/c1-9(8-19-3)16(6-7-18-2)12(17)10-4-5-11(13)15-14-10/h4-5,9H,6-8H2,1-3H3. The molecule has 0 aliphatic rings. The molecule has 1 heterocycles. The van der Waals surface area contributed by atoms with Crippen LogP contribution in [0.4, 0.5) is 0 Å². The summed E-state index contributed by atoms with van der Waals surface area (Å²) in [5.41, 5.74) is 0.253. The van der Waals surface area contributed by atoms with Gasteiger partial charge in [0.25, 0.3) is 5.91 Å². The molecule has 0 bridgehead atoms. The highest BCUT2D eigenvalue weighted by Crippen LogP contribution is 2.08. The minimum Gasteiger partial charge on any atom is -0.383 e. The van der Waals surface area contributed by atoms with Gasteiger partial charge in [0.05, 0.1) is 19.3 Å². The van der Waals surface area contributed by atoms with Crippen molar-refractivity contribution in [1.82, 2.24) is 15.1 Å². The van der Waals surface area contributed by atoms with Crippen molar-refractivity contribution in [3.63, 3.8) is 0 Å². The summed E-state index contributed by atoms with van der Waals surface area (Å²) < 4.78 is 10.1. The molecule has 7 heteroatoms. The number of carbonyl (C=O) groups excluding carboxylic acids is 1. The Morgan fingerprint density at radius 2 is 2.11 bits per heavy atom. The molecule has 1 atom stereocenters. The van der Waals surface area contributed by atoms with Crippen molar-refractivity contribution in [2.75, 3.05) is 34.0 Å². The van der Waals surface area contributed by atoms with E-state index in [0.29, 0.717) is 19.8 Å². The van der Waals surface area contributed by atoms with Crippen molar-refractivity contribution in [2.45, 2.75) is 13.0 Å². The number of aromatic nitrogens is 2. The summed E-state index contributed by atoms with van der Waals surface area (Å²) in [5, 5.41) is 7.72. The first-order valence-electron chi connectivity index (χ1n) is 5.88. The molecule has 1 aromatic heterocycles. The predicted molar refractivity (Wildman–Crippen MR) is 71.3 cm³/mol. The van der Waals surface area contributed by atoms with Gasteiger partial charge in [0.1, 0.15) is 0 Å². The molecule has 1 amide bonds. The Morgan fingerprint density at radius 3 is 2.63 bits per heavy atom. The number of methoxy groups -OCH3 is 2. The molecule has 0 fully saturated rings. The van der Waals surface area contributed by atoms with E-state index in [0.717, 1.165) is 0 Å². The van der Waals surface area contributed by atoms with Crippen LogP contribution in [0, 0.1) is 0 Å². The van der Waals surface area contributed by atoms with Crippen LogP contribution in [0.3, 0.4) is 0 Å². The fraction of sp³-hybridized carbons (Fsp3) is 0.583. The van der Waals surface area contributed by atoms with Gasteiger partial charge in [-0.05, 0) is 19.1 Å². The van der Waals surface area contributed by atoms with Crippen LogP contribution >= 0.6 is 11.6 Å². The van der Waals surface area contributed by atoms with E-state index in [1.165, 1.54) is 6.07 Å². The Bertz CT molecular complexity index is 400. The Kier molecular flexibility index (Phi) is 6.69. The lowest BCUT2D eigenvalue weighted by Gasteiger charge is -2.28. The van der Waals surface area contributed by atoms with Crippen LogP contribution in [-0.4, -0.2) is 61.0 Å². The number of hydrogen-bond acceptors (Lipinski definition) is 5. The zero-order valence-electron chi connectivity index (χ0n) is 11.3. The van der Waals surface area contributed by atoms with E-state index in [1.807, 2.05) is 6.92 Å². The SMILES string of the molecule is COCCN(C(=O)c1ccc(Cl)nn1)C(C)COC. The van der Waals surface area contributed by atoms with E-state index in [9.17, 15) is 4.79 Å². The number of hydrogen-bond donors (Lipinski definition) is 0. The average molecular weight is 288 g/mol. The Hall–Kier alpha value is -1.24. The van der Waals surface area contributed by atoms with Gasteiger partial charge in [0, 0.05) is 20.8 Å². The molecule has 106 valence electrons. The van der Waals surface area contributed by atoms with Gasteiger partial charge < -0.3 is 14.4 Å². The number of nitrogens with zero attached hydrogens (tertiary/aromatic N) is 3. The van der Waals surface area contributed by atoms with Crippen molar-refractivity contribution in [3.05, 3.63) is 23.0 Å². The third-order valence-corrected chi connectivity index (χ3v) is 2.79. The monoisotopic (exact) mass is 287 g/mol. The second-order valence-electron chi connectivity index (χ2n) is 4.04. The van der Waals surface area contributed by atoms with E-state index in [1.54, 1.807) is 25.2 Å². The lowest BCUT2D eigenvalue weighted by molar-refractivity contribution is 0.0473. The van der Waals surface area contributed by atoms with Gasteiger partial charge >= 0.3 is 0 Å². The molecule has 6 nitrogen and oxygen atoms in total. The highest BCUT2D eigenvalue weighted by Gasteiger charge is 2.22. The number of ether oxygens (including phenoxy) is 2. The molecule has 0 saturated heterocycles. The van der Waals surface area contributed by atoms with Crippen LogP contribution < -0.4 is 0 Å². The van der Waals surface area contributed by atoms with Gasteiger partial charge in [-0.25, -0.2) is 0 Å². The fourth-order valence-electron chi connectivity index (χ4n) is 1.62. The molecular formula is C12H18ClN3O3. The zero-order chi connectivity index (χ0) is 14.3. The normalized spacial score (nSPS) is 12.2. The molecule has 0 N–H and O–H groups in total. The lowest BCUT2D eigenvalue weighted by Crippen LogP contribution is -2.43. The van der Waals surface area contributed by atoms with Gasteiger partial charge in [-0.2, -0.15) is 0 Å². The quantitative estimate of drug-likeness (QED) is 0.755. The van der Waals surface area contributed by atoms with Crippen LogP contribution in [0.1, 0.15) is 17.4 Å². The van der Waals surface area contributed by atoms with Gasteiger partial charge in [-0.1, -0.05) is 11.6 Å². The largest absolute Gasteiger partial charge is 0.383 e. The summed E-state index contributed by atoms with van der Waals surface area (Å²) >= 11 is 5.65. The number of amides is 1. The lowest BCUT2D eigenvalue weighted by atomic mass is 10.2. The third-order valence-electron chi connectivity index (χ3n) is 2.59. The molecule has 0 aliphatic heterocycles. The third kappa shape index (κ3) is 4.74. The molecule has 0 saturated carbocycles. The number of halogens is 1. The van der Waals surface area contributed by atoms with Gasteiger partial charge in [0.2, 0.25) is 0 Å². The smallest absolute Gasteiger partial charge is 0.274 e. The highest BCUT2D eigenvalue weighted by molar-refractivity contribution is 6.29. The van der Waals surface area contributed by atoms with Crippen LogP contribution in [0.5, 0.6) is 0 Å². The van der Waals surface area contributed by atoms with Crippen LogP contribution in [-0.2, 0) is 9.47 Å². The van der Waals surface area contributed by atoms with E-state index in [-0.39, 0.29) is 22.8 Å². The molecule has 1 unspecified atom stereocenters. The van der Waals surface area contributed by atoms with Crippen molar-refractivity contribution in [3.8, 4) is 0 Å².